The molecule has 104 valence electrons. The molecule has 1 aromatic rings. The van der Waals surface area contributed by atoms with E-state index in [2.05, 4.69) is 25.9 Å². The summed E-state index contributed by atoms with van der Waals surface area (Å²) in [7, 11) is 0. The largest absolute Gasteiger partial charge is 0.379 e. The van der Waals surface area contributed by atoms with E-state index in [-0.39, 0.29) is 12.3 Å². The Morgan fingerprint density at radius 2 is 2.15 bits per heavy atom. The first-order chi connectivity index (χ1) is 9.63. The summed E-state index contributed by atoms with van der Waals surface area (Å²) < 4.78 is 0. The Labute approximate surface area is 124 Å². The molecule has 20 heavy (non-hydrogen) atoms. The molecule has 0 aromatic heterocycles. The molecule has 0 saturated heterocycles. The van der Waals surface area contributed by atoms with Gasteiger partial charge in [0.2, 0.25) is 6.61 Å². The minimum atomic E-state index is -0.161. The molecule has 4 nitrogen and oxygen atoms in total. The van der Waals surface area contributed by atoms with Gasteiger partial charge < -0.3 is 4.84 Å². The molecule has 0 aliphatic carbocycles. The van der Waals surface area contributed by atoms with Crippen molar-refractivity contribution in [2.24, 2.45) is 5.16 Å². The van der Waals surface area contributed by atoms with Gasteiger partial charge >= 0.3 is 0 Å². The first-order valence-corrected chi connectivity index (χ1v) is 7.36. The molecule has 1 rings (SSSR count). The van der Waals surface area contributed by atoms with Crippen molar-refractivity contribution in [1.29, 1.82) is 10.5 Å². The highest BCUT2D eigenvalue weighted by Crippen LogP contribution is 2.29. The molecule has 0 bridgehead atoms. The lowest BCUT2D eigenvalue weighted by atomic mass is 10.0. The fourth-order valence-electron chi connectivity index (χ4n) is 1.70. The average molecular weight is 287 g/mol. The highest BCUT2D eigenvalue weighted by atomic mass is 32.2. The fraction of sp³-hybridized carbons (Fsp3) is 0.400. The molecule has 0 aliphatic heterocycles. The molecular weight excluding hydrogens is 270 g/mol. The maximum Gasteiger partial charge on any atom is 0.202 e. The Kier molecular flexibility index (Phi) is 6.63. The van der Waals surface area contributed by atoms with Crippen molar-refractivity contribution in [2.75, 3.05) is 12.4 Å². The second-order valence-electron chi connectivity index (χ2n) is 4.32. The third-order valence-electron chi connectivity index (χ3n) is 2.60. The quantitative estimate of drug-likeness (QED) is 0.346. The summed E-state index contributed by atoms with van der Waals surface area (Å²) in [6.07, 6.45) is 0. The van der Waals surface area contributed by atoms with E-state index in [1.54, 1.807) is 11.8 Å². The van der Waals surface area contributed by atoms with Crippen LogP contribution in [0.25, 0.3) is 0 Å². The Hall–Kier alpha value is -1.98. The molecular formula is C15H17N3OS. The predicted octanol–water partition coefficient (Wildman–Crippen LogP) is 3.69. The smallest absolute Gasteiger partial charge is 0.202 e. The maximum atomic E-state index is 9.13. The Bertz CT molecular complexity index is 567. The summed E-state index contributed by atoms with van der Waals surface area (Å²) in [5, 5.41) is 21.2. The van der Waals surface area contributed by atoms with E-state index < -0.39 is 0 Å². The lowest BCUT2D eigenvalue weighted by Crippen LogP contribution is -2.01. The molecule has 0 N–H and O–H groups in total. The van der Waals surface area contributed by atoms with E-state index in [0.29, 0.717) is 11.5 Å². The molecule has 5 heteroatoms. The van der Waals surface area contributed by atoms with Gasteiger partial charge in [0.1, 0.15) is 12.1 Å². The monoisotopic (exact) mass is 287 g/mol. The molecule has 1 aromatic carbocycles. The van der Waals surface area contributed by atoms with Gasteiger partial charge in [-0.3, -0.25) is 0 Å². The van der Waals surface area contributed by atoms with Crippen LogP contribution in [0.4, 0.5) is 0 Å². The molecule has 0 aliphatic rings. The van der Waals surface area contributed by atoms with Crippen molar-refractivity contribution < 1.29 is 4.84 Å². The van der Waals surface area contributed by atoms with Crippen LogP contribution < -0.4 is 0 Å². The first kappa shape index (κ1) is 16.1. The van der Waals surface area contributed by atoms with Crippen LogP contribution in [0.2, 0.25) is 0 Å². The van der Waals surface area contributed by atoms with Gasteiger partial charge in [-0.25, -0.2) is 0 Å². The number of hydrogen-bond acceptors (Lipinski definition) is 5. The van der Waals surface area contributed by atoms with Crippen molar-refractivity contribution in [1.82, 2.24) is 0 Å². The number of benzene rings is 1. The maximum absolute atomic E-state index is 9.13. The summed E-state index contributed by atoms with van der Waals surface area (Å²) in [4.78, 5) is 5.92. The Morgan fingerprint density at radius 1 is 1.40 bits per heavy atom. The number of thioether (sulfide) groups is 1. The van der Waals surface area contributed by atoms with Crippen LogP contribution in [0.15, 0.2) is 28.3 Å². The minimum absolute atomic E-state index is 0.161. The van der Waals surface area contributed by atoms with Gasteiger partial charge in [0.15, 0.2) is 5.71 Å². The van der Waals surface area contributed by atoms with E-state index in [1.807, 2.05) is 30.3 Å². The van der Waals surface area contributed by atoms with Gasteiger partial charge in [0.05, 0.1) is 0 Å². The standard InChI is InChI=1S/C15H17N3OS/c1-4-20-15-9-12(5-6-13(15)11(2)3)14(10-17)18-19-8-7-16/h5-6,9,11H,4,8H2,1-3H3/b18-14+. The first-order valence-electron chi connectivity index (χ1n) is 6.38. The average Bonchev–Trinajstić information content (AvgIpc) is 2.44. The van der Waals surface area contributed by atoms with E-state index in [1.165, 1.54) is 5.56 Å². The van der Waals surface area contributed by atoms with Crippen LogP contribution in [0.5, 0.6) is 0 Å². The molecule has 0 fully saturated rings. The Morgan fingerprint density at radius 3 is 2.70 bits per heavy atom. The van der Waals surface area contributed by atoms with Crippen LogP contribution in [0, 0.1) is 22.7 Å². The van der Waals surface area contributed by atoms with Crippen LogP contribution in [0.1, 0.15) is 37.8 Å². The van der Waals surface area contributed by atoms with Crippen molar-refractivity contribution in [3.8, 4) is 12.1 Å². The number of nitrogens with zero attached hydrogens (tertiary/aromatic N) is 3. The SMILES string of the molecule is CCSc1cc(/C(C#N)=N/OCC#N)ccc1C(C)C. The number of hydrogen-bond donors (Lipinski definition) is 0. The lowest BCUT2D eigenvalue weighted by Gasteiger charge is -2.13. The van der Waals surface area contributed by atoms with E-state index in [9.17, 15) is 0 Å². The van der Waals surface area contributed by atoms with Gasteiger partial charge in [0, 0.05) is 10.5 Å². The van der Waals surface area contributed by atoms with E-state index in [0.717, 1.165) is 10.6 Å². The van der Waals surface area contributed by atoms with Crippen molar-refractivity contribution >= 4 is 17.5 Å². The van der Waals surface area contributed by atoms with Crippen molar-refractivity contribution in [3.05, 3.63) is 29.3 Å². The zero-order chi connectivity index (χ0) is 15.0. The third-order valence-corrected chi connectivity index (χ3v) is 3.55. The van der Waals surface area contributed by atoms with Gasteiger partial charge in [0.25, 0.3) is 0 Å². The van der Waals surface area contributed by atoms with Gasteiger partial charge in [-0.05, 0) is 23.3 Å². The van der Waals surface area contributed by atoms with Crippen molar-refractivity contribution in [2.45, 2.75) is 31.6 Å². The van der Waals surface area contributed by atoms with Crippen LogP contribution in [-0.4, -0.2) is 18.1 Å². The number of rotatable bonds is 6. The topological polar surface area (TPSA) is 69.2 Å². The molecule has 0 unspecified atom stereocenters. The molecule has 0 radical (unpaired) electrons. The summed E-state index contributed by atoms with van der Waals surface area (Å²) in [6.45, 7) is 6.22. The summed E-state index contributed by atoms with van der Waals surface area (Å²) >= 11 is 1.74. The normalized spacial score (nSPS) is 11.0. The van der Waals surface area contributed by atoms with Crippen LogP contribution in [0.3, 0.4) is 0 Å². The zero-order valence-electron chi connectivity index (χ0n) is 11.9. The second kappa shape index (κ2) is 8.24. The molecule has 0 spiro atoms. The summed E-state index contributed by atoms with van der Waals surface area (Å²) in [6, 6.07) is 9.66. The third kappa shape index (κ3) is 4.29. The summed E-state index contributed by atoms with van der Waals surface area (Å²) in [5.74, 6) is 1.39. The fourth-order valence-corrected chi connectivity index (χ4v) is 2.69. The van der Waals surface area contributed by atoms with Crippen LogP contribution >= 0.6 is 11.8 Å². The molecule has 0 heterocycles. The Balaban J connectivity index is 3.13. The van der Waals surface area contributed by atoms with Crippen LogP contribution in [-0.2, 0) is 4.84 Å². The highest BCUT2D eigenvalue weighted by molar-refractivity contribution is 7.99. The minimum Gasteiger partial charge on any atom is -0.379 e. The second-order valence-corrected chi connectivity index (χ2v) is 5.63. The predicted molar refractivity (Wildman–Crippen MR) is 80.6 cm³/mol. The molecule has 0 saturated carbocycles. The van der Waals surface area contributed by atoms with Gasteiger partial charge in [-0.2, -0.15) is 10.5 Å². The van der Waals surface area contributed by atoms with Crippen molar-refractivity contribution in [3.63, 3.8) is 0 Å². The van der Waals surface area contributed by atoms with E-state index >= 15 is 0 Å². The summed E-state index contributed by atoms with van der Waals surface area (Å²) in [5.41, 5.74) is 2.16. The zero-order valence-corrected chi connectivity index (χ0v) is 12.7. The molecule has 0 atom stereocenters. The lowest BCUT2D eigenvalue weighted by molar-refractivity contribution is 0.179. The van der Waals surface area contributed by atoms with E-state index in [4.69, 9.17) is 15.4 Å². The number of nitriles is 2. The van der Waals surface area contributed by atoms with Gasteiger partial charge in [-0.15, -0.1) is 11.8 Å². The molecule has 0 amide bonds. The number of oxime groups is 1. The van der Waals surface area contributed by atoms with Gasteiger partial charge in [-0.1, -0.05) is 38.1 Å². The highest BCUT2D eigenvalue weighted by Gasteiger charge is 2.11.